The highest BCUT2D eigenvalue weighted by Crippen LogP contribution is 2.41. The largest absolute Gasteiger partial charge is 0.385 e. The van der Waals surface area contributed by atoms with Crippen molar-refractivity contribution < 1.29 is 10.2 Å². The van der Waals surface area contributed by atoms with Crippen molar-refractivity contribution in [3.05, 3.63) is 107 Å². The van der Waals surface area contributed by atoms with Crippen molar-refractivity contribution in [2.24, 2.45) is 0 Å². The van der Waals surface area contributed by atoms with Gasteiger partial charge in [-0.25, -0.2) is 0 Å². The van der Waals surface area contributed by atoms with E-state index < -0.39 is 11.7 Å². The van der Waals surface area contributed by atoms with Gasteiger partial charge in [0.25, 0.3) is 0 Å². The van der Waals surface area contributed by atoms with E-state index in [1.54, 1.807) is 48.5 Å². The van der Waals surface area contributed by atoms with Crippen molar-refractivity contribution in [3.63, 3.8) is 0 Å². The summed E-state index contributed by atoms with van der Waals surface area (Å²) >= 11 is 5.96. The summed E-state index contributed by atoms with van der Waals surface area (Å²) in [6.45, 7) is 0. The molecule has 0 aliphatic carbocycles. The Balaban J connectivity index is 2.16. The molecule has 0 aliphatic rings. The number of aliphatic hydroxyl groups is 2. The molecule has 0 aromatic heterocycles. The molecule has 2 atom stereocenters. The zero-order valence-corrected chi connectivity index (χ0v) is 13.2. The maximum atomic E-state index is 11.5. The van der Waals surface area contributed by atoms with Gasteiger partial charge in [-0.2, -0.15) is 0 Å². The predicted octanol–water partition coefficient (Wildman–Crippen LogP) is 4.31. The van der Waals surface area contributed by atoms with Crippen LogP contribution in [0.4, 0.5) is 0 Å². The Labute approximate surface area is 140 Å². The van der Waals surface area contributed by atoms with E-state index in [-0.39, 0.29) is 0 Å². The van der Waals surface area contributed by atoms with Crippen LogP contribution in [0.3, 0.4) is 0 Å². The summed E-state index contributed by atoms with van der Waals surface area (Å²) in [5, 5.41) is 23.0. The minimum Gasteiger partial charge on any atom is -0.385 e. The van der Waals surface area contributed by atoms with Gasteiger partial charge in [0.2, 0.25) is 0 Å². The van der Waals surface area contributed by atoms with Crippen LogP contribution in [0, 0.1) is 0 Å². The van der Waals surface area contributed by atoms with E-state index in [0.717, 1.165) is 0 Å². The fourth-order valence-electron chi connectivity index (χ4n) is 2.76. The van der Waals surface area contributed by atoms with Gasteiger partial charge in [0.1, 0.15) is 11.7 Å². The number of hydrogen-bond acceptors (Lipinski definition) is 2. The third-order valence-corrected chi connectivity index (χ3v) is 4.26. The second-order valence-electron chi connectivity index (χ2n) is 5.45. The van der Waals surface area contributed by atoms with Crippen LogP contribution in [-0.4, -0.2) is 10.2 Å². The summed E-state index contributed by atoms with van der Waals surface area (Å²) < 4.78 is 0. The maximum absolute atomic E-state index is 11.5. The average molecular weight is 325 g/mol. The van der Waals surface area contributed by atoms with Crippen LogP contribution in [0.5, 0.6) is 0 Å². The predicted molar refractivity (Wildman–Crippen MR) is 92.3 cm³/mol. The molecule has 116 valence electrons. The third-order valence-electron chi connectivity index (χ3n) is 4.01. The van der Waals surface area contributed by atoms with Gasteiger partial charge in [0.05, 0.1) is 0 Å². The third kappa shape index (κ3) is 3.02. The zero-order valence-electron chi connectivity index (χ0n) is 12.4. The molecule has 0 saturated carbocycles. The molecule has 3 rings (SSSR count). The molecule has 3 aromatic carbocycles. The Morgan fingerprint density at radius 1 is 0.696 bits per heavy atom. The first-order valence-electron chi connectivity index (χ1n) is 7.39. The van der Waals surface area contributed by atoms with E-state index in [2.05, 4.69) is 0 Å². The first-order chi connectivity index (χ1) is 11.1. The van der Waals surface area contributed by atoms with Crippen LogP contribution in [0.15, 0.2) is 84.9 Å². The molecule has 0 amide bonds. The number of hydrogen-bond donors (Lipinski definition) is 2. The van der Waals surface area contributed by atoms with Crippen molar-refractivity contribution >= 4 is 11.6 Å². The summed E-state index contributed by atoms with van der Waals surface area (Å²) in [7, 11) is 0. The molecule has 0 bridgehead atoms. The van der Waals surface area contributed by atoms with Gasteiger partial charge in [-0.1, -0.05) is 84.4 Å². The number of halogens is 1. The summed E-state index contributed by atoms with van der Waals surface area (Å²) in [5.41, 5.74) is 0.296. The van der Waals surface area contributed by atoms with Gasteiger partial charge in [-0.15, -0.1) is 0 Å². The molecule has 2 N–H and O–H groups in total. The van der Waals surface area contributed by atoms with Crippen LogP contribution in [0.25, 0.3) is 0 Å². The van der Waals surface area contributed by atoms with E-state index in [1.807, 2.05) is 36.4 Å². The minimum atomic E-state index is -1.56. The molecule has 3 aromatic rings. The molecule has 0 saturated heterocycles. The molecule has 2 nitrogen and oxygen atoms in total. The van der Waals surface area contributed by atoms with Crippen LogP contribution in [-0.2, 0) is 5.60 Å². The van der Waals surface area contributed by atoms with Crippen molar-refractivity contribution in [2.75, 3.05) is 0 Å². The lowest BCUT2D eigenvalue weighted by atomic mass is 9.79. The van der Waals surface area contributed by atoms with Crippen molar-refractivity contribution in [2.45, 2.75) is 11.7 Å². The highest BCUT2D eigenvalue weighted by atomic mass is 35.5. The van der Waals surface area contributed by atoms with Crippen molar-refractivity contribution in [1.29, 1.82) is 0 Å². The Kier molecular flexibility index (Phi) is 4.49. The molecule has 23 heavy (non-hydrogen) atoms. The van der Waals surface area contributed by atoms with Gasteiger partial charge in [0.15, 0.2) is 0 Å². The quantitative estimate of drug-likeness (QED) is 0.750. The Morgan fingerprint density at radius 3 is 1.74 bits per heavy atom. The molecule has 3 heteroatoms. The van der Waals surface area contributed by atoms with Crippen LogP contribution < -0.4 is 0 Å². The van der Waals surface area contributed by atoms with E-state index >= 15 is 0 Å². The number of rotatable bonds is 4. The zero-order chi connectivity index (χ0) is 16.3. The van der Waals surface area contributed by atoms with E-state index in [1.165, 1.54) is 0 Å². The SMILES string of the molecule is O[C@H](c1ccccc1)[C@](O)(c1ccccc1)c1ccc(Cl)cc1. The summed E-state index contributed by atoms with van der Waals surface area (Å²) in [6, 6.07) is 25.2. The van der Waals surface area contributed by atoms with Gasteiger partial charge in [0, 0.05) is 5.02 Å². The van der Waals surface area contributed by atoms with E-state index in [4.69, 9.17) is 11.6 Å². The van der Waals surface area contributed by atoms with Gasteiger partial charge in [-0.05, 0) is 28.8 Å². The number of benzene rings is 3. The van der Waals surface area contributed by atoms with Crippen LogP contribution in [0.2, 0.25) is 5.02 Å². The summed E-state index contributed by atoms with van der Waals surface area (Å²) in [6.07, 6.45) is -1.10. The van der Waals surface area contributed by atoms with Gasteiger partial charge >= 0.3 is 0 Å². The molecule has 0 heterocycles. The molecular weight excluding hydrogens is 308 g/mol. The fourth-order valence-corrected chi connectivity index (χ4v) is 2.88. The Hall–Kier alpha value is -2.13. The van der Waals surface area contributed by atoms with E-state index in [9.17, 15) is 10.2 Å². The first-order valence-corrected chi connectivity index (χ1v) is 7.77. The molecule has 0 fully saturated rings. The first kappa shape index (κ1) is 15.8. The monoisotopic (exact) mass is 324 g/mol. The highest BCUT2D eigenvalue weighted by Gasteiger charge is 2.40. The second-order valence-corrected chi connectivity index (χ2v) is 5.89. The van der Waals surface area contributed by atoms with Crippen molar-refractivity contribution in [3.8, 4) is 0 Å². The molecule has 0 radical (unpaired) electrons. The average Bonchev–Trinajstić information content (AvgIpc) is 2.62. The summed E-state index contributed by atoms with van der Waals surface area (Å²) in [4.78, 5) is 0. The van der Waals surface area contributed by atoms with Crippen LogP contribution >= 0.6 is 11.6 Å². The number of aliphatic hydroxyl groups excluding tert-OH is 1. The highest BCUT2D eigenvalue weighted by molar-refractivity contribution is 6.30. The maximum Gasteiger partial charge on any atom is 0.145 e. The smallest absolute Gasteiger partial charge is 0.145 e. The topological polar surface area (TPSA) is 40.5 Å². The van der Waals surface area contributed by atoms with Crippen LogP contribution in [0.1, 0.15) is 22.8 Å². The van der Waals surface area contributed by atoms with Gasteiger partial charge in [-0.3, -0.25) is 0 Å². The minimum absolute atomic E-state index is 0.582. The van der Waals surface area contributed by atoms with Crippen molar-refractivity contribution in [1.82, 2.24) is 0 Å². The standard InChI is InChI=1S/C20H17ClO2/c21-18-13-11-17(12-14-18)20(23,16-9-5-2-6-10-16)19(22)15-7-3-1-4-8-15/h1-14,19,22-23H/t19-,20+/m1/s1. The molecular formula is C20H17ClO2. The molecule has 0 aliphatic heterocycles. The lowest BCUT2D eigenvalue weighted by molar-refractivity contribution is -0.0517. The van der Waals surface area contributed by atoms with E-state index in [0.29, 0.717) is 21.7 Å². The Morgan fingerprint density at radius 2 is 1.17 bits per heavy atom. The molecule has 0 unspecified atom stereocenters. The lowest BCUT2D eigenvalue weighted by Crippen LogP contribution is -2.35. The Bertz CT molecular complexity index is 757. The second kappa shape index (κ2) is 6.55. The molecule has 0 spiro atoms. The van der Waals surface area contributed by atoms with Gasteiger partial charge < -0.3 is 10.2 Å². The lowest BCUT2D eigenvalue weighted by Gasteiger charge is -2.34. The fraction of sp³-hybridized carbons (Fsp3) is 0.100. The summed E-state index contributed by atoms with van der Waals surface area (Å²) in [5.74, 6) is 0. The normalized spacial score (nSPS) is 14.9.